The highest BCUT2D eigenvalue weighted by atomic mass is 16.6. The van der Waals surface area contributed by atoms with Crippen molar-refractivity contribution in [2.75, 3.05) is 13.1 Å². The Morgan fingerprint density at radius 2 is 1.83 bits per heavy atom. The fraction of sp³-hybridized carbons (Fsp3) is 0.895. The van der Waals surface area contributed by atoms with Crippen LogP contribution in [0.15, 0.2) is 0 Å². The predicted molar refractivity (Wildman–Crippen MR) is 93.3 cm³/mol. The second-order valence-electron chi connectivity index (χ2n) is 7.96. The summed E-state index contributed by atoms with van der Waals surface area (Å²) in [5.74, 6) is 0.0916. The Bertz CT molecular complexity index is 367. The van der Waals surface area contributed by atoms with Gasteiger partial charge in [-0.2, -0.15) is 0 Å². The monoisotopic (exact) mass is 325 g/mol. The van der Waals surface area contributed by atoms with Gasteiger partial charge in [-0.3, -0.25) is 4.79 Å². The zero-order valence-corrected chi connectivity index (χ0v) is 15.6. The molecule has 1 rings (SSSR count). The lowest BCUT2D eigenvalue weighted by molar-refractivity contribution is -0.159. The summed E-state index contributed by atoms with van der Waals surface area (Å²) in [6.45, 7) is 11.9. The number of carbonyl (C=O) groups is 2. The fourth-order valence-corrected chi connectivity index (χ4v) is 3.25. The number of aldehydes is 1. The highest BCUT2D eigenvalue weighted by molar-refractivity contribution is 5.72. The van der Waals surface area contributed by atoms with Crippen LogP contribution in [0.4, 0.5) is 0 Å². The van der Waals surface area contributed by atoms with Gasteiger partial charge in [0, 0.05) is 12.0 Å². The van der Waals surface area contributed by atoms with Gasteiger partial charge in [0.05, 0.1) is 5.92 Å². The van der Waals surface area contributed by atoms with Gasteiger partial charge in [-0.25, -0.2) is 0 Å². The van der Waals surface area contributed by atoms with Crippen LogP contribution in [0.3, 0.4) is 0 Å². The van der Waals surface area contributed by atoms with Crippen LogP contribution in [0.2, 0.25) is 0 Å². The van der Waals surface area contributed by atoms with E-state index in [1.165, 1.54) is 0 Å². The molecule has 134 valence electrons. The van der Waals surface area contributed by atoms with Crippen molar-refractivity contribution in [1.29, 1.82) is 0 Å². The summed E-state index contributed by atoms with van der Waals surface area (Å²) >= 11 is 0. The van der Waals surface area contributed by atoms with E-state index in [1.54, 1.807) is 0 Å². The average Bonchev–Trinajstić information content (AvgIpc) is 2.49. The number of hydrogen-bond acceptors (Lipinski definition) is 4. The van der Waals surface area contributed by atoms with Crippen LogP contribution >= 0.6 is 0 Å². The topological polar surface area (TPSA) is 46.6 Å². The lowest BCUT2D eigenvalue weighted by atomic mass is 9.86. The lowest BCUT2D eigenvalue weighted by Crippen LogP contribution is -2.40. The van der Waals surface area contributed by atoms with Crippen molar-refractivity contribution in [3.05, 3.63) is 0 Å². The normalized spacial score (nSPS) is 23.6. The maximum Gasteiger partial charge on any atom is 0.309 e. The molecule has 0 radical (unpaired) electrons. The van der Waals surface area contributed by atoms with Crippen LogP contribution in [0.5, 0.6) is 0 Å². The third kappa shape index (κ3) is 7.47. The molecule has 1 aliphatic rings. The molecule has 1 saturated carbocycles. The van der Waals surface area contributed by atoms with Crippen molar-refractivity contribution < 1.29 is 14.3 Å². The van der Waals surface area contributed by atoms with Crippen LogP contribution < -0.4 is 0 Å². The molecule has 1 fully saturated rings. The van der Waals surface area contributed by atoms with Crippen LogP contribution in [-0.4, -0.2) is 41.9 Å². The lowest BCUT2D eigenvalue weighted by Gasteiger charge is -2.36. The first-order valence-electron chi connectivity index (χ1n) is 9.19. The van der Waals surface area contributed by atoms with Crippen molar-refractivity contribution in [3.8, 4) is 0 Å². The van der Waals surface area contributed by atoms with Gasteiger partial charge in [-0.1, -0.05) is 13.8 Å². The number of nitrogens with zero attached hydrogens (tertiary/aromatic N) is 1. The second-order valence-corrected chi connectivity index (χ2v) is 7.96. The van der Waals surface area contributed by atoms with E-state index in [-0.39, 0.29) is 17.8 Å². The zero-order valence-electron chi connectivity index (χ0n) is 15.6. The summed E-state index contributed by atoms with van der Waals surface area (Å²) in [5, 5.41) is 0. The van der Waals surface area contributed by atoms with Crippen molar-refractivity contribution in [2.24, 2.45) is 11.8 Å². The van der Waals surface area contributed by atoms with Gasteiger partial charge in [0.25, 0.3) is 0 Å². The first-order chi connectivity index (χ1) is 10.8. The number of hydrogen-bond donors (Lipinski definition) is 0. The first kappa shape index (κ1) is 20.1. The minimum absolute atomic E-state index is 0.0695. The molecule has 0 aliphatic heterocycles. The predicted octanol–water partition coefficient (Wildman–Crippen LogP) is 3.82. The van der Waals surface area contributed by atoms with Gasteiger partial charge in [0.15, 0.2) is 0 Å². The maximum atomic E-state index is 12.1. The Labute approximate surface area is 141 Å². The van der Waals surface area contributed by atoms with Gasteiger partial charge in [-0.15, -0.1) is 0 Å². The molecule has 0 heterocycles. The molecule has 0 aromatic rings. The van der Waals surface area contributed by atoms with Crippen molar-refractivity contribution >= 4 is 12.3 Å². The molecule has 0 N–H and O–H groups in total. The van der Waals surface area contributed by atoms with E-state index < -0.39 is 5.60 Å². The Morgan fingerprint density at radius 3 is 2.30 bits per heavy atom. The van der Waals surface area contributed by atoms with Gasteiger partial charge >= 0.3 is 5.97 Å². The van der Waals surface area contributed by atoms with E-state index >= 15 is 0 Å². The molecular formula is C19H35NO3. The summed E-state index contributed by atoms with van der Waals surface area (Å²) in [7, 11) is 0. The van der Waals surface area contributed by atoms with Gasteiger partial charge in [-0.05, 0) is 72.4 Å². The largest absolute Gasteiger partial charge is 0.460 e. The molecular weight excluding hydrogens is 290 g/mol. The zero-order chi connectivity index (χ0) is 17.5. The molecule has 0 bridgehead atoms. The molecule has 1 aliphatic carbocycles. The van der Waals surface area contributed by atoms with Crippen LogP contribution in [0.25, 0.3) is 0 Å². The van der Waals surface area contributed by atoms with Crippen LogP contribution in [0, 0.1) is 11.8 Å². The molecule has 0 aromatic carbocycles. The van der Waals surface area contributed by atoms with E-state index in [0.717, 1.165) is 57.9 Å². The Balaban J connectivity index is 2.46. The first-order valence-corrected chi connectivity index (χ1v) is 9.19. The highest BCUT2D eigenvalue weighted by Crippen LogP contribution is 2.27. The smallest absolute Gasteiger partial charge is 0.309 e. The number of ether oxygens (including phenoxy) is 1. The Kier molecular flexibility index (Phi) is 8.24. The number of esters is 1. The molecule has 0 saturated heterocycles. The molecule has 4 nitrogen and oxygen atoms in total. The average molecular weight is 325 g/mol. The number of rotatable bonds is 8. The molecule has 0 spiro atoms. The second kappa shape index (κ2) is 9.41. The maximum absolute atomic E-state index is 12.1. The minimum Gasteiger partial charge on any atom is -0.460 e. The minimum atomic E-state index is -0.415. The van der Waals surface area contributed by atoms with Gasteiger partial charge in [0.2, 0.25) is 0 Å². The Morgan fingerprint density at radius 1 is 1.22 bits per heavy atom. The SMILES string of the molecule is CCCN(CCC(C)C(=O)OC(C)(C)C)C1CCC(C=O)CC1. The van der Waals surface area contributed by atoms with E-state index in [4.69, 9.17) is 4.74 Å². The third-order valence-electron chi connectivity index (χ3n) is 4.62. The van der Waals surface area contributed by atoms with Crippen molar-refractivity contribution in [2.45, 2.75) is 84.8 Å². The molecule has 0 amide bonds. The molecule has 4 heteroatoms. The summed E-state index contributed by atoms with van der Waals surface area (Å²) in [4.78, 5) is 25.5. The number of carbonyl (C=O) groups excluding carboxylic acids is 2. The van der Waals surface area contributed by atoms with Crippen LogP contribution in [0.1, 0.15) is 73.1 Å². The summed E-state index contributed by atoms with van der Waals surface area (Å²) in [6, 6.07) is 0.567. The van der Waals surface area contributed by atoms with Crippen molar-refractivity contribution in [3.63, 3.8) is 0 Å². The van der Waals surface area contributed by atoms with E-state index in [2.05, 4.69) is 11.8 Å². The quantitative estimate of drug-likeness (QED) is 0.503. The third-order valence-corrected chi connectivity index (χ3v) is 4.62. The molecule has 1 atom stereocenters. The van der Waals surface area contributed by atoms with E-state index in [9.17, 15) is 9.59 Å². The molecule has 0 aromatic heterocycles. The standard InChI is InChI=1S/C19H35NO3/c1-6-12-20(17-9-7-16(14-21)8-10-17)13-11-15(2)18(22)23-19(3,4)5/h14-17H,6-13H2,1-5H3. The molecule has 1 unspecified atom stereocenters. The molecule has 23 heavy (non-hydrogen) atoms. The van der Waals surface area contributed by atoms with Gasteiger partial charge < -0.3 is 14.4 Å². The summed E-state index contributed by atoms with van der Waals surface area (Å²) in [5.41, 5.74) is -0.415. The fourth-order valence-electron chi connectivity index (χ4n) is 3.25. The highest BCUT2D eigenvalue weighted by Gasteiger charge is 2.27. The van der Waals surface area contributed by atoms with Gasteiger partial charge in [0.1, 0.15) is 11.9 Å². The Hall–Kier alpha value is -0.900. The summed E-state index contributed by atoms with van der Waals surface area (Å²) in [6.07, 6.45) is 7.29. The summed E-state index contributed by atoms with van der Waals surface area (Å²) < 4.78 is 5.47. The van der Waals surface area contributed by atoms with Crippen molar-refractivity contribution in [1.82, 2.24) is 4.90 Å². The van der Waals surface area contributed by atoms with E-state index in [0.29, 0.717) is 6.04 Å². The van der Waals surface area contributed by atoms with E-state index in [1.807, 2.05) is 27.7 Å². The van der Waals surface area contributed by atoms with Crippen LogP contribution in [-0.2, 0) is 14.3 Å².